The lowest BCUT2D eigenvalue weighted by Crippen LogP contribution is -2.29. The Balaban J connectivity index is 1.47. The molecule has 1 aromatic carbocycles. The van der Waals surface area contributed by atoms with E-state index in [1.165, 1.54) is 43.1 Å². The lowest BCUT2D eigenvalue weighted by atomic mass is 9.87. The summed E-state index contributed by atoms with van der Waals surface area (Å²) >= 11 is 1.47. The number of hydrogen-bond donors (Lipinski definition) is 1. The van der Waals surface area contributed by atoms with Crippen LogP contribution in [-0.2, 0) is 12.0 Å². The number of ether oxygens (including phenoxy) is 1. The second kappa shape index (κ2) is 8.10. The standard InChI is InChI=1S/C21H23FN4O2S/c1-21(6-7-29-20(23)26-21)15-8-14(4-5-16(15)22)9-18(27)17-10-25-19(11-24-17)28-12-13-2-3-13/h4-5,8,10-11,13H,2-3,6-7,9,12H2,1H3,(H2,23,26)/t21-/m0/s1. The van der Waals surface area contributed by atoms with Crippen LogP contribution in [-0.4, -0.2) is 33.3 Å². The van der Waals surface area contributed by atoms with Crippen molar-refractivity contribution < 1.29 is 13.9 Å². The number of carbonyl (C=O) groups excluding carboxylic acids is 1. The summed E-state index contributed by atoms with van der Waals surface area (Å²) in [5.74, 6) is 1.30. The van der Waals surface area contributed by atoms with Gasteiger partial charge in [-0.05, 0) is 49.8 Å². The smallest absolute Gasteiger partial charge is 0.232 e. The topological polar surface area (TPSA) is 90.5 Å². The minimum atomic E-state index is -0.723. The van der Waals surface area contributed by atoms with Crippen molar-refractivity contribution >= 4 is 22.7 Å². The van der Waals surface area contributed by atoms with Crippen LogP contribution in [0.4, 0.5) is 4.39 Å². The van der Waals surface area contributed by atoms with E-state index in [9.17, 15) is 9.18 Å². The van der Waals surface area contributed by atoms with E-state index >= 15 is 0 Å². The van der Waals surface area contributed by atoms with Crippen LogP contribution in [0.1, 0.15) is 47.8 Å². The molecule has 0 radical (unpaired) electrons. The number of amidine groups is 1. The van der Waals surface area contributed by atoms with Crippen molar-refractivity contribution in [1.29, 1.82) is 0 Å². The molecule has 1 saturated carbocycles. The molecule has 1 aliphatic carbocycles. The van der Waals surface area contributed by atoms with E-state index in [-0.39, 0.29) is 23.7 Å². The largest absolute Gasteiger partial charge is 0.476 e. The van der Waals surface area contributed by atoms with Gasteiger partial charge in [0.1, 0.15) is 11.5 Å². The molecule has 1 aliphatic heterocycles. The lowest BCUT2D eigenvalue weighted by Gasteiger charge is -2.30. The van der Waals surface area contributed by atoms with Crippen molar-refractivity contribution in [2.24, 2.45) is 16.6 Å². The first-order chi connectivity index (χ1) is 13.9. The first-order valence-electron chi connectivity index (χ1n) is 9.68. The van der Waals surface area contributed by atoms with Crippen molar-refractivity contribution in [3.8, 4) is 5.88 Å². The maximum atomic E-state index is 14.5. The third-order valence-electron chi connectivity index (χ3n) is 5.25. The normalized spacial score (nSPS) is 21.5. The zero-order chi connectivity index (χ0) is 20.4. The summed E-state index contributed by atoms with van der Waals surface area (Å²) in [5.41, 5.74) is 6.56. The molecule has 1 aromatic heterocycles. The average Bonchev–Trinajstić information content (AvgIpc) is 3.52. The lowest BCUT2D eigenvalue weighted by molar-refractivity contribution is 0.0987. The fourth-order valence-corrected chi connectivity index (χ4v) is 4.25. The van der Waals surface area contributed by atoms with Crippen LogP contribution < -0.4 is 10.5 Å². The molecule has 4 rings (SSSR count). The second-order valence-corrected chi connectivity index (χ2v) is 8.85. The molecular formula is C21H23FN4O2S. The highest BCUT2D eigenvalue weighted by Gasteiger charge is 2.32. The molecule has 2 N–H and O–H groups in total. The fraction of sp³-hybridized carbons (Fsp3) is 0.429. The molecule has 152 valence electrons. The molecule has 2 aromatic rings. The summed E-state index contributed by atoms with van der Waals surface area (Å²) in [4.78, 5) is 25.4. The number of ketones is 1. The van der Waals surface area contributed by atoms with Gasteiger partial charge >= 0.3 is 0 Å². The molecule has 0 spiro atoms. The molecule has 2 aliphatic rings. The van der Waals surface area contributed by atoms with Gasteiger partial charge < -0.3 is 10.5 Å². The molecule has 0 amide bonds. The van der Waals surface area contributed by atoms with Crippen molar-refractivity contribution in [3.63, 3.8) is 0 Å². The average molecular weight is 415 g/mol. The van der Waals surface area contributed by atoms with Crippen molar-refractivity contribution in [1.82, 2.24) is 9.97 Å². The third-order valence-corrected chi connectivity index (χ3v) is 6.04. The SMILES string of the molecule is C[C@@]1(c2cc(CC(=O)c3cnc(OCC4CC4)cn3)ccc2F)CCSC(N)=N1. The van der Waals surface area contributed by atoms with Gasteiger partial charge in [0.05, 0.1) is 24.5 Å². The van der Waals surface area contributed by atoms with Gasteiger partial charge in [-0.3, -0.25) is 9.79 Å². The number of carbonyl (C=O) groups is 1. The van der Waals surface area contributed by atoms with Crippen LogP contribution in [0, 0.1) is 11.7 Å². The van der Waals surface area contributed by atoms with Crippen molar-refractivity contribution in [2.45, 2.75) is 38.1 Å². The fourth-order valence-electron chi connectivity index (χ4n) is 3.27. The molecule has 6 nitrogen and oxygen atoms in total. The predicted octanol–water partition coefficient (Wildman–Crippen LogP) is 3.50. The first-order valence-corrected chi connectivity index (χ1v) is 10.7. The predicted molar refractivity (Wildman–Crippen MR) is 111 cm³/mol. The number of benzene rings is 1. The van der Waals surface area contributed by atoms with E-state index in [0.717, 1.165) is 5.75 Å². The van der Waals surface area contributed by atoms with E-state index in [4.69, 9.17) is 10.5 Å². The number of aliphatic imine (C=N–C) groups is 1. The monoisotopic (exact) mass is 414 g/mol. The highest BCUT2D eigenvalue weighted by molar-refractivity contribution is 8.13. The third kappa shape index (κ3) is 4.75. The van der Waals surface area contributed by atoms with E-state index in [0.29, 0.717) is 41.1 Å². The summed E-state index contributed by atoms with van der Waals surface area (Å²) in [6.07, 6.45) is 6.08. The summed E-state index contributed by atoms with van der Waals surface area (Å²) in [5, 5.41) is 0.457. The molecule has 1 fully saturated rings. The molecule has 2 heterocycles. The minimum absolute atomic E-state index is 0.105. The van der Waals surface area contributed by atoms with Gasteiger partial charge in [0.15, 0.2) is 11.0 Å². The number of aromatic nitrogens is 2. The number of nitrogens with two attached hydrogens (primary N) is 1. The first kappa shape index (κ1) is 19.8. The van der Waals surface area contributed by atoms with Crippen LogP contribution >= 0.6 is 11.8 Å². The Bertz CT molecular complexity index is 946. The highest BCUT2D eigenvalue weighted by atomic mass is 32.2. The van der Waals surface area contributed by atoms with Crippen molar-refractivity contribution in [2.75, 3.05) is 12.4 Å². The number of Topliss-reactive ketones (excluding diaryl/α,β-unsaturated/α-hetero) is 1. The van der Waals surface area contributed by atoms with Gasteiger partial charge in [0, 0.05) is 17.7 Å². The number of nitrogens with zero attached hydrogens (tertiary/aromatic N) is 3. The zero-order valence-corrected chi connectivity index (χ0v) is 17.0. The van der Waals surface area contributed by atoms with E-state index in [1.54, 1.807) is 12.1 Å². The molecule has 29 heavy (non-hydrogen) atoms. The Hall–Kier alpha value is -2.48. The van der Waals surface area contributed by atoms with Gasteiger partial charge in [-0.2, -0.15) is 0 Å². The molecular weight excluding hydrogens is 391 g/mol. The van der Waals surface area contributed by atoms with Crippen LogP contribution in [0.2, 0.25) is 0 Å². The summed E-state index contributed by atoms with van der Waals surface area (Å²) in [6, 6.07) is 4.71. The highest BCUT2D eigenvalue weighted by Crippen LogP contribution is 2.37. The number of halogens is 1. The minimum Gasteiger partial charge on any atom is -0.476 e. The zero-order valence-electron chi connectivity index (χ0n) is 16.2. The Kier molecular flexibility index (Phi) is 5.54. The molecule has 0 saturated heterocycles. The van der Waals surface area contributed by atoms with Gasteiger partial charge in [-0.1, -0.05) is 17.8 Å². The summed E-state index contributed by atoms with van der Waals surface area (Å²) in [6.45, 7) is 2.51. The second-order valence-electron chi connectivity index (χ2n) is 7.73. The Labute approximate surface area is 173 Å². The van der Waals surface area contributed by atoms with Crippen molar-refractivity contribution in [3.05, 3.63) is 53.2 Å². The Morgan fingerprint density at radius 1 is 1.34 bits per heavy atom. The van der Waals surface area contributed by atoms with Crippen LogP contribution in [0.5, 0.6) is 5.88 Å². The van der Waals surface area contributed by atoms with E-state index in [2.05, 4.69) is 15.0 Å². The van der Waals surface area contributed by atoms with E-state index < -0.39 is 5.54 Å². The van der Waals surface area contributed by atoms with Gasteiger partial charge in [0.25, 0.3) is 0 Å². The maximum absolute atomic E-state index is 14.5. The quantitative estimate of drug-likeness (QED) is 0.698. The number of rotatable bonds is 7. The maximum Gasteiger partial charge on any atom is 0.232 e. The van der Waals surface area contributed by atoms with Crippen LogP contribution in [0.15, 0.2) is 35.6 Å². The van der Waals surface area contributed by atoms with Gasteiger partial charge in [-0.15, -0.1) is 0 Å². The molecule has 8 heteroatoms. The van der Waals surface area contributed by atoms with Crippen LogP contribution in [0.3, 0.4) is 0 Å². The number of hydrogen-bond acceptors (Lipinski definition) is 7. The summed E-state index contributed by atoms with van der Waals surface area (Å²) < 4.78 is 20.1. The van der Waals surface area contributed by atoms with Gasteiger partial charge in [0.2, 0.25) is 5.88 Å². The van der Waals surface area contributed by atoms with Crippen LogP contribution in [0.25, 0.3) is 0 Å². The summed E-state index contributed by atoms with van der Waals surface area (Å²) in [7, 11) is 0. The van der Waals surface area contributed by atoms with E-state index in [1.807, 2.05) is 6.92 Å². The molecule has 0 unspecified atom stereocenters. The van der Waals surface area contributed by atoms with Gasteiger partial charge in [-0.25, -0.2) is 14.4 Å². The molecule has 1 atom stereocenters. The Morgan fingerprint density at radius 3 is 2.86 bits per heavy atom. The molecule has 0 bridgehead atoms. The Morgan fingerprint density at radius 2 is 2.17 bits per heavy atom. The number of thioether (sulfide) groups is 1.